The predicted molar refractivity (Wildman–Crippen MR) is 130 cm³/mol. The molecule has 4 rings (SSSR count). The number of nitrogens with zero attached hydrogens (tertiary/aromatic N) is 4. The van der Waals surface area contributed by atoms with E-state index in [1.54, 1.807) is 30.5 Å². The lowest BCUT2D eigenvalue weighted by molar-refractivity contribution is -0.139. The van der Waals surface area contributed by atoms with E-state index in [1.165, 1.54) is 0 Å². The van der Waals surface area contributed by atoms with Crippen LogP contribution in [0.15, 0.2) is 90.0 Å². The molecule has 0 bridgehead atoms. The Kier molecular flexibility index (Phi) is 7.22. The van der Waals surface area contributed by atoms with Gasteiger partial charge in [0.25, 0.3) is 0 Å². The van der Waals surface area contributed by atoms with Crippen molar-refractivity contribution in [3.63, 3.8) is 0 Å². The number of nitrogens with one attached hydrogen (secondary N) is 3. The molecule has 10 heteroatoms. The van der Waals surface area contributed by atoms with Gasteiger partial charge in [-0.25, -0.2) is 10.2 Å². The lowest BCUT2D eigenvalue weighted by Gasteiger charge is -2.10. The molecular weight excluding hydrogens is 434 g/mol. The van der Waals surface area contributed by atoms with Crippen molar-refractivity contribution in [2.45, 2.75) is 0 Å². The Morgan fingerprint density at radius 2 is 1.32 bits per heavy atom. The highest BCUT2D eigenvalue weighted by Crippen LogP contribution is 2.18. The van der Waals surface area contributed by atoms with Crippen LogP contribution in [0, 0.1) is 0 Å². The van der Waals surface area contributed by atoms with E-state index in [0.717, 1.165) is 16.9 Å². The standard InChI is InChI=1S/C24H21N7O3/c32-21(33)16-34-20-13-11-17(12-14-20)15-25-31-24-29-22(26-18-7-3-1-4-8-18)28-23(30-24)27-19-9-5-2-6-10-19/h1-15H,16H2,(H,32,33)(H3,26,27,28,29,30,31)/b25-15+. The van der Waals surface area contributed by atoms with E-state index in [2.05, 4.69) is 36.1 Å². The fourth-order valence-corrected chi connectivity index (χ4v) is 2.80. The summed E-state index contributed by atoms with van der Waals surface area (Å²) < 4.78 is 5.12. The van der Waals surface area contributed by atoms with Gasteiger partial charge in [0.15, 0.2) is 6.61 Å². The number of aliphatic carboxylic acids is 1. The Bertz CT molecular complexity index is 1190. The van der Waals surface area contributed by atoms with Gasteiger partial charge in [-0.3, -0.25) is 0 Å². The van der Waals surface area contributed by atoms with Gasteiger partial charge in [-0.05, 0) is 54.1 Å². The molecule has 4 N–H and O–H groups in total. The molecule has 0 aliphatic heterocycles. The maximum atomic E-state index is 10.6. The summed E-state index contributed by atoms with van der Waals surface area (Å²) >= 11 is 0. The molecule has 0 unspecified atom stereocenters. The molecule has 0 saturated heterocycles. The van der Waals surface area contributed by atoms with Crippen molar-refractivity contribution in [1.29, 1.82) is 0 Å². The van der Waals surface area contributed by atoms with E-state index >= 15 is 0 Å². The summed E-state index contributed by atoms with van der Waals surface area (Å²) in [6, 6.07) is 25.9. The molecule has 170 valence electrons. The van der Waals surface area contributed by atoms with Gasteiger partial charge in [0.1, 0.15) is 5.75 Å². The number of carboxylic acids is 1. The average molecular weight is 455 g/mol. The van der Waals surface area contributed by atoms with Crippen LogP contribution in [-0.2, 0) is 4.79 Å². The smallest absolute Gasteiger partial charge is 0.341 e. The van der Waals surface area contributed by atoms with E-state index in [4.69, 9.17) is 9.84 Å². The quantitative estimate of drug-likeness (QED) is 0.204. The molecule has 34 heavy (non-hydrogen) atoms. The van der Waals surface area contributed by atoms with E-state index in [-0.39, 0.29) is 5.95 Å². The number of anilines is 5. The number of hydrogen-bond donors (Lipinski definition) is 4. The molecule has 4 aromatic rings. The van der Waals surface area contributed by atoms with Crippen LogP contribution in [0.25, 0.3) is 0 Å². The minimum absolute atomic E-state index is 0.240. The third-order valence-electron chi connectivity index (χ3n) is 4.32. The number of ether oxygens (including phenoxy) is 1. The largest absolute Gasteiger partial charge is 0.482 e. The fraction of sp³-hybridized carbons (Fsp3) is 0.0417. The van der Waals surface area contributed by atoms with Crippen molar-refractivity contribution in [2.75, 3.05) is 22.7 Å². The van der Waals surface area contributed by atoms with Crippen LogP contribution >= 0.6 is 0 Å². The Morgan fingerprint density at radius 1 is 0.794 bits per heavy atom. The van der Waals surface area contributed by atoms with Gasteiger partial charge in [0, 0.05) is 11.4 Å². The zero-order valence-electron chi connectivity index (χ0n) is 17.9. The van der Waals surface area contributed by atoms with Crippen LogP contribution in [-0.4, -0.2) is 38.8 Å². The molecule has 0 fully saturated rings. The SMILES string of the molecule is O=C(O)COc1ccc(/C=N/Nc2nc(Nc3ccccc3)nc(Nc3ccccc3)n2)cc1. The lowest BCUT2D eigenvalue weighted by atomic mass is 10.2. The van der Waals surface area contributed by atoms with Gasteiger partial charge in [-0.1, -0.05) is 36.4 Å². The summed E-state index contributed by atoms with van der Waals surface area (Å²) in [5, 5.41) is 19.2. The van der Waals surface area contributed by atoms with Crippen molar-refractivity contribution in [1.82, 2.24) is 15.0 Å². The van der Waals surface area contributed by atoms with Gasteiger partial charge in [0.05, 0.1) is 6.21 Å². The second-order valence-corrected chi connectivity index (χ2v) is 6.91. The first kappa shape index (κ1) is 22.2. The summed E-state index contributed by atoms with van der Waals surface area (Å²) in [7, 11) is 0. The van der Waals surface area contributed by atoms with Gasteiger partial charge in [0.2, 0.25) is 17.8 Å². The van der Waals surface area contributed by atoms with Crippen molar-refractivity contribution < 1.29 is 14.6 Å². The third-order valence-corrected chi connectivity index (χ3v) is 4.32. The van der Waals surface area contributed by atoms with Gasteiger partial charge in [-0.2, -0.15) is 20.1 Å². The number of para-hydroxylation sites is 2. The number of hydrogen-bond acceptors (Lipinski definition) is 9. The molecule has 0 aliphatic carbocycles. The predicted octanol–water partition coefficient (Wildman–Crippen LogP) is 4.27. The topological polar surface area (TPSA) is 134 Å². The molecule has 0 atom stereocenters. The molecule has 0 saturated carbocycles. The molecule has 1 heterocycles. The minimum Gasteiger partial charge on any atom is -0.482 e. The highest BCUT2D eigenvalue weighted by Gasteiger charge is 2.07. The molecule has 0 spiro atoms. The highest BCUT2D eigenvalue weighted by atomic mass is 16.5. The van der Waals surface area contributed by atoms with Crippen LogP contribution in [0.4, 0.5) is 29.2 Å². The van der Waals surface area contributed by atoms with E-state index in [0.29, 0.717) is 17.6 Å². The molecule has 0 aliphatic rings. The molecule has 0 radical (unpaired) electrons. The summed E-state index contributed by atoms with van der Waals surface area (Å²) in [6.07, 6.45) is 1.58. The van der Waals surface area contributed by atoms with Crippen LogP contribution in [0.3, 0.4) is 0 Å². The maximum absolute atomic E-state index is 10.6. The van der Waals surface area contributed by atoms with Crippen molar-refractivity contribution in [3.8, 4) is 5.75 Å². The van der Waals surface area contributed by atoms with Crippen molar-refractivity contribution in [3.05, 3.63) is 90.5 Å². The minimum atomic E-state index is -1.03. The Hall–Kier alpha value is -4.99. The summed E-state index contributed by atoms with van der Waals surface area (Å²) in [6.45, 7) is -0.396. The summed E-state index contributed by atoms with van der Waals surface area (Å²) in [4.78, 5) is 23.8. The van der Waals surface area contributed by atoms with E-state index in [1.807, 2.05) is 60.7 Å². The number of hydrazone groups is 1. The first-order chi connectivity index (χ1) is 16.6. The van der Waals surface area contributed by atoms with E-state index < -0.39 is 12.6 Å². The third kappa shape index (κ3) is 6.76. The van der Waals surface area contributed by atoms with Gasteiger partial charge < -0.3 is 20.5 Å². The summed E-state index contributed by atoms with van der Waals surface area (Å²) in [5.74, 6) is 0.353. The first-order valence-corrected chi connectivity index (χ1v) is 10.3. The second kappa shape index (κ2) is 11.0. The monoisotopic (exact) mass is 455 g/mol. The number of rotatable bonds is 10. The number of carboxylic acid groups (broad SMARTS) is 1. The lowest BCUT2D eigenvalue weighted by Crippen LogP contribution is -2.09. The molecule has 0 amide bonds. The van der Waals surface area contributed by atoms with Gasteiger partial charge in [-0.15, -0.1) is 0 Å². The number of aromatic nitrogens is 3. The van der Waals surface area contributed by atoms with E-state index in [9.17, 15) is 4.79 Å². The Labute approximate surface area is 195 Å². The van der Waals surface area contributed by atoms with Crippen LogP contribution in [0.1, 0.15) is 5.56 Å². The molecule has 10 nitrogen and oxygen atoms in total. The zero-order valence-corrected chi connectivity index (χ0v) is 17.9. The fourth-order valence-electron chi connectivity index (χ4n) is 2.80. The van der Waals surface area contributed by atoms with Gasteiger partial charge >= 0.3 is 5.97 Å². The number of carbonyl (C=O) groups is 1. The number of benzene rings is 3. The van der Waals surface area contributed by atoms with Crippen molar-refractivity contribution >= 4 is 41.4 Å². The average Bonchev–Trinajstić information content (AvgIpc) is 2.85. The van der Waals surface area contributed by atoms with Crippen LogP contribution < -0.4 is 20.8 Å². The normalized spacial score (nSPS) is 10.6. The first-order valence-electron chi connectivity index (χ1n) is 10.3. The highest BCUT2D eigenvalue weighted by molar-refractivity contribution is 5.80. The van der Waals surface area contributed by atoms with Crippen molar-refractivity contribution in [2.24, 2.45) is 5.10 Å². The summed E-state index contributed by atoms with van der Waals surface area (Å²) in [5.41, 5.74) is 5.26. The zero-order chi connectivity index (χ0) is 23.6. The maximum Gasteiger partial charge on any atom is 0.341 e. The Balaban J connectivity index is 1.48. The molecular formula is C24H21N7O3. The van der Waals surface area contributed by atoms with Crippen LogP contribution in [0.5, 0.6) is 5.75 Å². The van der Waals surface area contributed by atoms with Crippen LogP contribution in [0.2, 0.25) is 0 Å². The Morgan fingerprint density at radius 3 is 1.85 bits per heavy atom. The second-order valence-electron chi connectivity index (χ2n) is 6.91. The molecule has 1 aromatic heterocycles. The molecule has 3 aromatic carbocycles.